The summed E-state index contributed by atoms with van der Waals surface area (Å²) < 4.78 is 0. The van der Waals surface area contributed by atoms with Crippen molar-refractivity contribution in [2.75, 3.05) is 7.05 Å². The minimum absolute atomic E-state index is 0.731. The zero-order valence-corrected chi connectivity index (χ0v) is 7.17. The Morgan fingerprint density at radius 2 is 2.30 bits per heavy atom. The van der Waals surface area contributed by atoms with Crippen LogP contribution in [0.3, 0.4) is 0 Å². The van der Waals surface area contributed by atoms with E-state index in [0.29, 0.717) is 0 Å². The standard InChI is InChI=1S/C9H17N/c1-4-9-6-5-7-10(3)8(9)2/h5,7-9H,4,6H2,1-3H3. The molecule has 1 heterocycles. The molecule has 58 valence electrons. The van der Waals surface area contributed by atoms with Crippen LogP contribution in [0.4, 0.5) is 0 Å². The number of hydrogen-bond acceptors (Lipinski definition) is 1. The molecule has 0 aromatic heterocycles. The summed E-state index contributed by atoms with van der Waals surface area (Å²) in [6.07, 6.45) is 7.03. The van der Waals surface area contributed by atoms with Gasteiger partial charge in [-0.15, -0.1) is 0 Å². The third-order valence-corrected chi connectivity index (χ3v) is 2.63. The van der Waals surface area contributed by atoms with Crippen LogP contribution in [-0.2, 0) is 0 Å². The molecule has 0 aromatic carbocycles. The predicted octanol–water partition coefficient (Wildman–Crippen LogP) is 2.25. The van der Waals surface area contributed by atoms with E-state index in [1.165, 1.54) is 12.8 Å². The van der Waals surface area contributed by atoms with Crippen LogP contribution >= 0.6 is 0 Å². The van der Waals surface area contributed by atoms with Gasteiger partial charge in [-0.05, 0) is 25.5 Å². The maximum atomic E-state index is 2.30. The molecule has 1 aliphatic heterocycles. The van der Waals surface area contributed by atoms with Crippen LogP contribution in [-0.4, -0.2) is 18.0 Å². The lowest BCUT2D eigenvalue weighted by Gasteiger charge is -2.33. The summed E-state index contributed by atoms with van der Waals surface area (Å²) in [5, 5.41) is 0. The monoisotopic (exact) mass is 139 g/mol. The summed E-state index contributed by atoms with van der Waals surface area (Å²) in [7, 11) is 2.16. The first kappa shape index (κ1) is 7.64. The van der Waals surface area contributed by atoms with Crippen LogP contribution < -0.4 is 0 Å². The molecule has 10 heavy (non-hydrogen) atoms. The summed E-state index contributed by atoms with van der Waals surface area (Å²) in [5.41, 5.74) is 0. The largest absolute Gasteiger partial charge is 0.378 e. The molecule has 1 aliphatic rings. The molecule has 1 rings (SSSR count). The first-order valence-electron chi connectivity index (χ1n) is 4.14. The van der Waals surface area contributed by atoms with Crippen molar-refractivity contribution in [1.82, 2.24) is 4.90 Å². The molecule has 0 amide bonds. The fraction of sp³-hybridized carbons (Fsp3) is 0.778. The van der Waals surface area contributed by atoms with E-state index < -0.39 is 0 Å². The Bertz CT molecular complexity index is 129. The number of rotatable bonds is 1. The van der Waals surface area contributed by atoms with Crippen LogP contribution in [0, 0.1) is 5.92 Å². The van der Waals surface area contributed by atoms with E-state index in [1.807, 2.05) is 0 Å². The number of allylic oxidation sites excluding steroid dienone is 1. The molecule has 0 spiro atoms. The van der Waals surface area contributed by atoms with Gasteiger partial charge in [0.25, 0.3) is 0 Å². The number of nitrogens with zero attached hydrogens (tertiary/aromatic N) is 1. The van der Waals surface area contributed by atoms with E-state index in [2.05, 4.69) is 38.1 Å². The molecule has 0 saturated heterocycles. The van der Waals surface area contributed by atoms with Gasteiger partial charge in [-0.1, -0.05) is 19.4 Å². The molecule has 1 heteroatoms. The van der Waals surface area contributed by atoms with Gasteiger partial charge in [0.15, 0.2) is 0 Å². The van der Waals surface area contributed by atoms with Crippen molar-refractivity contribution in [2.45, 2.75) is 32.7 Å². The van der Waals surface area contributed by atoms with Crippen molar-refractivity contribution in [3.63, 3.8) is 0 Å². The summed E-state index contributed by atoms with van der Waals surface area (Å²) in [4.78, 5) is 2.30. The van der Waals surface area contributed by atoms with E-state index >= 15 is 0 Å². The maximum Gasteiger partial charge on any atom is 0.0283 e. The topological polar surface area (TPSA) is 3.24 Å². The molecule has 0 aromatic rings. The average molecular weight is 139 g/mol. The summed E-state index contributed by atoms with van der Waals surface area (Å²) in [6, 6.07) is 0.731. The van der Waals surface area contributed by atoms with Crippen LogP contribution in [0.15, 0.2) is 12.3 Å². The van der Waals surface area contributed by atoms with Gasteiger partial charge in [0.1, 0.15) is 0 Å². The fourth-order valence-electron chi connectivity index (χ4n) is 1.57. The maximum absolute atomic E-state index is 2.30. The minimum atomic E-state index is 0.731. The Kier molecular flexibility index (Phi) is 2.36. The average Bonchev–Trinajstić information content (AvgIpc) is 1.95. The van der Waals surface area contributed by atoms with Gasteiger partial charge in [-0.25, -0.2) is 0 Å². The molecule has 0 fully saturated rings. The lowest BCUT2D eigenvalue weighted by molar-refractivity contribution is 0.230. The van der Waals surface area contributed by atoms with Gasteiger partial charge in [-0.3, -0.25) is 0 Å². The normalized spacial score (nSPS) is 32.9. The van der Waals surface area contributed by atoms with E-state index in [9.17, 15) is 0 Å². The number of hydrogen-bond donors (Lipinski definition) is 0. The van der Waals surface area contributed by atoms with Crippen LogP contribution in [0.2, 0.25) is 0 Å². The van der Waals surface area contributed by atoms with Gasteiger partial charge in [0, 0.05) is 13.1 Å². The Morgan fingerprint density at radius 1 is 1.60 bits per heavy atom. The van der Waals surface area contributed by atoms with Crippen LogP contribution in [0.25, 0.3) is 0 Å². The Labute approximate surface area is 63.7 Å². The van der Waals surface area contributed by atoms with Crippen molar-refractivity contribution >= 4 is 0 Å². The highest BCUT2D eigenvalue weighted by Gasteiger charge is 2.19. The van der Waals surface area contributed by atoms with Gasteiger partial charge in [-0.2, -0.15) is 0 Å². The van der Waals surface area contributed by atoms with Crippen molar-refractivity contribution in [2.24, 2.45) is 5.92 Å². The molecular weight excluding hydrogens is 122 g/mol. The van der Waals surface area contributed by atoms with Crippen molar-refractivity contribution < 1.29 is 0 Å². The molecular formula is C9H17N. The minimum Gasteiger partial charge on any atom is -0.378 e. The van der Waals surface area contributed by atoms with Gasteiger partial charge >= 0.3 is 0 Å². The summed E-state index contributed by atoms with van der Waals surface area (Å²) >= 11 is 0. The quantitative estimate of drug-likeness (QED) is 0.538. The fourth-order valence-corrected chi connectivity index (χ4v) is 1.57. The molecule has 0 bridgehead atoms. The zero-order valence-electron chi connectivity index (χ0n) is 7.17. The second-order valence-corrected chi connectivity index (χ2v) is 3.19. The third-order valence-electron chi connectivity index (χ3n) is 2.63. The summed E-state index contributed by atoms with van der Waals surface area (Å²) in [6.45, 7) is 4.58. The highest BCUT2D eigenvalue weighted by atomic mass is 15.1. The molecule has 0 aliphatic carbocycles. The highest BCUT2D eigenvalue weighted by molar-refractivity contribution is 4.94. The lowest BCUT2D eigenvalue weighted by Crippen LogP contribution is -2.33. The van der Waals surface area contributed by atoms with Crippen molar-refractivity contribution in [1.29, 1.82) is 0 Å². The lowest BCUT2D eigenvalue weighted by atomic mass is 9.92. The van der Waals surface area contributed by atoms with E-state index in [1.54, 1.807) is 0 Å². The SMILES string of the molecule is CCC1CC=CN(C)C1C. The predicted molar refractivity (Wildman–Crippen MR) is 44.8 cm³/mol. The second-order valence-electron chi connectivity index (χ2n) is 3.19. The zero-order chi connectivity index (χ0) is 7.56. The molecule has 1 nitrogen and oxygen atoms in total. The Balaban J connectivity index is 2.56. The first-order valence-corrected chi connectivity index (χ1v) is 4.14. The molecule has 0 N–H and O–H groups in total. The Hall–Kier alpha value is -0.460. The smallest absolute Gasteiger partial charge is 0.0283 e. The van der Waals surface area contributed by atoms with Crippen LogP contribution in [0.5, 0.6) is 0 Å². The van der Waals surface area contributed by atoms with Gasteiger partial charge in [0.05, 0.1) is 0 Å². The van der Waals surface area contributed by atoms with E-state index in [-0.39, 0.29) is 0 Å². The molecule has 0 saturated carbocycles. The molecule has 2 unspecified atom stereocenters. The van der Waals surface area contributed by atoms with E-state index in [4.69, 9.17) is 0 Å². The highest BCUT2D eigenvalue weighted by Crippen LogP contribution is 2.22. The molecule has 0 radical (unpaired) electrons. The van der Waals surface area contributed by atoms with Gasteiger partial charge < -0.3 is 4.90 Å². The summed E-state index contributed by atoms with van der Waals surface area (Å²) in [5.74, 6) is 0.870. The van der Waals surface area contributed by atoms with Crippen molar-refractivity contribution in [3.8, 4) is 0 Å². The van der Waals surface area contributed by atoms with Crippen LogP contribution in [0.1, 0.15) is 26.7 Å². The second kappa shape index (κ2) is 3.09. The van der Waals surface area contributed by atoms with E-state index in [0.717, 1.165) is 12.0 Å². The third kappa shape index (κ3) is 1.34. The Morgan fingerprint density at radius 3 is 2.80 bits per heavy atom. The van der Waals surface area contributed by atoms with Gasteiger partial charge in [0.2, 0.25) is 0 Å². The molecule has 2 atom stereocenters. The first-order chi connectivity index (χ1) is 4.75. The van der Waals surface area contributed by atoms with Crippen molar-refractivity contribution in [3.05, 3.63) is 12.3 Å².